The van der Waals surface area contributed by atoms with Crippen molar-refractivity contribution in [1.82, 2.24) is 10.2 Å². The lowest BCUT2D eigenvalue weighted by molar-refractivity contribution is -0.222. The van der Waals surface area contributed by atoms with E-state index in [2.05, 4.69) is 5.32 Å². The minimum Gasteiger partial charge on any atom is -0.383 e. The van der Waals surface area contributed by atoms with Gasteiger partial charge in [0.1, 0.15) is 0 Å². The first-order valence-electron chi connectivity index (χ1n) is 6.76. The SMILES string of the molecule is O=C(NC1CCOC1)N1CCC(C(O)C(F)(F)F)CC1. The average Bonchev–Trinajstić information content (AvgIpc) is 2.90. The fourth-order valence-corrected chi connectivity index (χ4v) is 2.60. The van der Waals surface area contributed by atoms with Crippen LogP contribution in [0, 0.1) is 5.92 Å². The second-order valence-corrected chi connectivity index (χ2v) is 5.32. The second kappa shape index (κ2) is 6.17. The molecule has 2 saturated heterocycles. The molecule has 2 aliphatic rings. The molecule has 2 aliphatic heterocycles. The van der Waals surface area contributed by atoms with Crippen LogP contribution in [-0.2, 0) is 4.74 Å². The van der Waals surface area contributed by atoms with E-state index in [1.165, 1.54) is 4.90 Å². The molecule has 2 amide bonds. The number of nitrogens with one attached hydrogen (secondary N) is 1. The summed E-state index contributed by atoms with van der Waals surface area (Å²) in [5.74, 6) is -0.825. The van der Waals surface area contributed by atoms with E-state index in [9.17, 15) is 23.1 Å². The molecule has 2 N–H and O–H groups in total. The number of nitrogens with zero attached hydrogens (tertiary/aromatic N) is 1. The summed E-state index contributed by atoms with van der Waals surface area (Å²) >= 11 is 0. The Balaban J connectivity index is 1.77. The second-order valence-electron chi connectivity index (χ2n) is 5.32. The van der Waals surface area contributed by atoms with Crippen LogP contribution in [-0.4, -0.2) is 60.7 Å². The molecule has 0 aromatic rings. The molecular weight excluding hydrogens is 277 g/mol. The van der Waals surface area contributed by atoms with Crippen LogP contribution in [0.5, 0.6) is 0 Å². The zero-order valence-electron chi connectivity index (χ0n) is 11.0. The van der Waals surface area contributed by atoms with Crippen LogP contribution >= 0.6 is 0 Å². The molecule has 20 heavy (non-hydrogen) atoms. The van der Waals surface area contributed by atoms with Crippen molar-refractivity contribution in [2.45, 2.75) is 37.6 Å². The predicted molar refractivity (Wildman–Crippen MR) is 64.1 cm³/mol. The number of hydrogen-bond donors (Lipinski definition) is 2. The molecule has 2 unspecified atom stereocenters. The van der Waals surface area contributed by atoms with Crippen LogP contribution in [0.25, 0.3) is 0 Å². The number of piperidine rings is 1. The topological polar surface area (TPSA) is 61.8 Å². The number of carbonyl (C=O) groups excluding carboxylic acids is 1. The number of alkyl halides is 3. The largest absolute Gasteiger partial charge is 0.414 e. The van der Waals surface area contributed by atoms with Gasteiger partial charge in [0, 0.05) is 19.7 Å². The number of likely N-dealkylation sites (tertiary alicyclic amines) is 1. The van der Waals surface area contributed by atoms with Crippen LogP contribution in [0.2, 0.25) is 0 Å². The molecule has 0 spiro atoms. The lowest BCUT2D eigenvalue weighted by Crippen LogP contribution is -2.50. The molecule has 8 heteroatoms. The van der Waals surface area contributed by atoms with Crippen LogP contribution in [0.15, 0.2) is 0 Å². The number of ether oxygens (including phenoxy) is 1. The average molecular weight is 296 g/mol. The number of aliphatic hydroxyl groups excluding tert-OH is 1. The van der Waals surface area contributed by atoms with Gasteiger partial charge >= 0.3 is 12.2 Å². The lowest BCUT2D eigenvalue weighted by Gasteiger charge is -2.35. The number of carbonyl (C=O) groups is 1. The standard InChI is InChI=1S/C12H19F3N2O3/c13-12(14,15)10(18)8-1-4-17(5-2-8)11(19)16-9-3-6-20-7-9/h8-10,18H,1-7H2,(H,16,19). The van der Waals surface area contributed by atoms with Gasteiger partial charge in [-0.05, 0) is 25.2 Å². The van der Waals surface area contributed by atoms with Gasteiger partial charge in [-0.1, -0.05) is 0 Å². The first-order chi connectivity index (χ1) is 9.38. The fourth-order valence-electron chi connectivity index (χ4n) is 2.60. The fraction of sp³-hybridized carbons (Fsp3) is 0.917. The Bertz CT molecular complexity index is 337. The van der Waals surface area contributed by atoms with Crippen molar-refractivity contribution in [3.05, 3.63) is 0 Å². The molecule has 116 valence electrons. The van der Waals surface area contributed by atoms with Gasteiger partial charge in [0.25, 0.3) is 0 Å². The third kappa shape index (κ3) is 3.76. The first kappa shape index (κ1) is 15.4. The van der Waals surface area contributed by atoms with E-state index in [1.54, 1.807) is 0 Å². The van der Waals surface area contributed by atoms with E-state index in [0.717, 1.165) is 6.42 Å². The maximum absolute atomic E-state index is 12.4. The summed E-state index contributed by atoms with van der Waals surface area (Å²) in [7, 11) is 0. The Morgan fingerprint density at radius 1 is 1.30 bits per heavy atom. The van der Waals surface area contributed by atoms with E-state index >= 15 is 0 Å². The molecule has 0 radical (unpaired) electrons. The van der Waals surface area contributed by atoms with Gasteiger partial charge in [-0.2, -0.15) is 13.2 Å². The molecule has 2 rings (SSSR count). The van der Waals surface area contributed by atoms with E-state index in [-0.39, 0.29) is 38.0 Å². The number of rotatable bonds is 2. The summed E-state index contributed by atoms with van der Waals surface area (Å²) < 4.78 is 42.3. The molecule has 0 bridgehead atoms. The smallest absolute Gasteiger partial charge is 0.383 e. The lowest BCUT2D eigenvalue weighted by atomic mass is 9.91. The van der Waals surface area contributed by atoms with Crippen molar-refractivity contribution >= 4 is 6.03 Å². The summed E-state index contributed by atoms with van der Waals surface area (Å²) in [5, 5.41) is 12.0. The number of hydrogen-bond acceptors (Lipinski definition) is 3. The Labute approximate surface area is 115 Å². The van der Waals surface area contributed by atoms with Gasteiger partial charge in [0.15, 0.2) is 6.10 Å². The Morgan fingerprint density at radius 2 is 1.95 bits per heavy atom. The van der Waals surface area contributed by atoms with Crippen LogP contribution in [0.1, 0.15) is 19.3 Å². The summed E-state index contributed by atoms with van der Waals surface area (Å²) in [6.45, 7) is 1.56. The highest BCUT2D eigenvalue weighted by Gasteiger charge is 2.44. The van der Waals surface area contributed by atoms with E-state index < -0.39 is 18.2 Å². The highest BCUT2D eigenvalue weighted by atomic mass is 19.4. The van der Waals surface area contributed by atoms with Gasteiger partial charge in [-0.25, -0.2) is 4.79 Å². The van der Waals surface area contributed by atoms with Crippen molar-refractivity contribution < 1.29 is 27.8 Å². The van der Waals surface area contributed by atoms with Crippen LogP contribution < -0.4 is 5.32 Å². The van der Waals surface area contributed by atoms with Crippen molar-refractivity contribution in [1.29, 1.82) is 0 Å². The minimum absolute atomic E-state index is 0.0130. The normalized spacial score (nSPS) is 26.6. The summed E-state index contributed by atoms with van der Waals surface area (Å²) in [4.78, 5) is 13.4. The quantitative estimate of drug-likeness (QED) is 0.803. The molecule has 2 atom stereocenters. The van der Waals surface area contributed by atoms with E-state index in [4.69, 9.17) is 4.74 Å². The Hall–Kier alpha value is -1.02. The number of halogens is 3. The third-order valence-corrected chi connectivity index (χ3v) is 3.87. The molecular formula is C12H19F3N2O3. The maximum atomic E-state index is 12.4. The van der Waals surface area contributed by atoms with Crippen molar-refractivity contribution in [2.75, 3.05) is 26.3 Å². The molecule has 0 aromatic carbocycles. The number of amides is 2. The van der Waals surface area contributed by atoms with Crippen molar-refractivity contribution in [3.63, 3.8) is 0 Å². The van der Waals surface area contributed by atoms with Crippen LogP contribution in [0.4, 0.5) is 18.0 Å². The zero-order valence-corrected chi connectivity index (χ0v) is 11.0. The van der Waals surface area contributed by atoms with E-state index in [1.807, 2.05) is 0 Å². The van der Waals surface area contributed by atoms with Gasteiger partial charge in [-0.15, -0.1) is 0 Å². The molecule has 0 aromatic heterocycles. The molecule has 5 nitrogen and oxygen atoms in total. The van der Waals surface area contributed by atoms with E-state index in [0.29, 0.717) is 13.2 Å². The minimum atomic E-state index is -4.59. The molecule has 2 fully saturated rings. The molecule has 2 heterocycles. The van der Waals surface area contributed by atoms with Gasteiger partial charge in [0.2, 0.25) is 0 Å². The summed E-state index contributed by atoms with van der Waals surface area (Å²) in [6.07, 6.45) is -5.80. The molecule has 0 aliphatic carbocycles. The van der Waals surface area contributed by atoms with Gasteiger partial charge in [0.05, 0.1) is 12.6 Å². The first-order valence-corrected chi connectivity index (χ1v) is 6.76. The Kier molecular flexibility index (Phi) is 4.74. The highest BCUT2D eigenvalue weighted by molar-refractivity contribution is 5.74. The Morgan fingerprint density at radius 3 is 2.45 bits per heavy atom. The maximum Gasteiger partial charge on any atom is 0.414 e. The third-order valence-electron chi connectivity index (χ3n) is 3.87. The van der Waals surface area contributed by atoms with Gasteiger partial charge < -0.3 is 20.1 Å². The van der Waals surface area contributed by atoms with Crippen LogP contribution in [0.3, 0.4) is 0 Å². The zero-order chi connectivity index (χ0) is 14.8. The number of urea groups is 1. The summed E-state index contributed by atoms with van der Waals surface area (Å²) in [5.41, 5.74) is 0. The van der Waals surface area contributed by atoms with Gasteiger partial charge in [-0.3, -0.25) is 0 Å². The monoisotopic (exact) mass is 296 g/mol. The molecule has 0 saturated carbocycles. The van der Waals surface area contributed by atoms with Crippen molar-refractivity contribution in [3.8, 4) is 0 Å². The summed E-state index contributed by atoms with van der Waals surface area (Å²) in [6, 6.07) is -0.276. The van der Waals surface area contributed by atoms with Crippen molar-refractivity contribution in [2.24, 2.45) is 5.92 Å². The predicted octanol–water partition coefficient (Wildman–Crippen LogP) is 1.12. The highest BCUT2D eigenvalue weighted by Crippen LogP contribution is 2.31. The number of aliphatic hydroxyl groups is 1.